The fourth-order valence-electron chi connectivity index (χ4n) is 1.89. The number of alkyl halides is 3. The Bertz CT molecular complexity index is 360. The van der Waals surface area contributed by atoms with E-state index in [1.54, 1.807) is 0 Å². The van der Waals surface area contributed by atoms with Gasteiger partial charge in [0.1, 0.15) is 0 Å². The predicted molar refractivity (Wildman–Crippen MR) is 62.7 cm³/mol. The maximum Gasteiger partial charge on any atom is 0.416 e. The Morgan fingerprint density at radius 3 is 1.82 bits per heavy atom. The molecule has 0 aliphatic heterocycles. The summed E-state index contributed by atoms with van der Waals surface area (Å²) in [6.45, 7) is 6.52. The molecule has 0 amide bonds. The first-order valence-electron chi connectivity index (χ1n) is 5.53. The van der Waals surface area contributed by atoms with Crippen LogP contribution in [0.4, 0.5) is 13.2 Å². The van der Waals surface area contributed by atoms with Crippen LogP contribution in [0.3, 0.4) is 0 Å². The second-order valence-electron chi connectivity index (χ2n) is 5.27. The van der Waals surface area contributed by atoms with Crippen molar-refractivity contribution in [1.82, 2.24) is 0 Å². The van der Waals surface area contributed by atoms with Crippen LogP contribution in [0, 0.1) is 5.41 Å². The van der Waals surface area contributed by atoms with Gasteiger partial charge in [0.2, 0.25) is 0 Å². The molecule has 1 atom stereocenters. The number of benzene rings is 1. The molecule has 4 heteroatoms. The van der Waals surface area contributed by atoms with Crippen molar-refractivity contribution in [2.45, 2.75) is 32.9 Å². The lowest BCUT2D eigenvalue weighted by Crippen LogP contribution is -2.26. The van der Waals surface area contributed by atoms with E-state index in [0.29, 0.717) is 6.54 Å². The molecule has 1 aromatic carbocycles. The summed E-state index contributed by atoms with van der Waals surface area (Å²) in [5.41, 5.74) is 5.87. The summed E-state index contributed by atoms with van der Waals surface area (Å²) < 4.78 is 37.2. The SMILES string of the molecule is CC(C)(C)C(CN)c1ccc(C(F)(F)F)cc1. The fourth-order valence-corrected chi connectivity index (χ4v) is 1.89. The molecular weight excluding hydrogens is 227 g/mol. The highest BCUT2D eigenvalue weighted by atomic mass is 19.4. The lowest BCUT2D eigenvalue weighted by molar-refractivity contribution is -0.137. The average Bonchev–Trinajstić information content (AvgIpc) is 2.16. The summed E-state index contributed by atoms with van der Waals surface area (Å²) in [5, 5.41) is 0. The Morgan fingerprint density at radius 1 is 1.06 bits per heavy atom. The van der Waals surface area contributed by atoms with Crippen molar-refractivity contribution in [3.63, 3.8) is 0 Å². The minimum absolute atomic E-state index is 0.0600. The smallest absolute Gasteiger partial charge is 0.330 e. The maximum atomic E-state index is 12.4. The number of hydrogen-bond acceptors (Lipinski definition) is 1. The second kappa shape index (κ2) is 4.69. The highest BCUT2D eigenvalue weighted by molar-refractivity contribution is 5.28. The van der Waals surface area contributed by atoms with Crippen LogP contribution in [-0.2, 0) is 6.18 Å². The highest BCUT2D eigenvalue weighted by Crippen LogP contribution is 2.36. The van der Waals surface area contributed by atoms with E-state index in [-0.39, 0.29) is 11.3 Å². The molecule has 0 saturated carbocycles. The van der Waals surface area contributed by atoms with E-state index in [9.17, 15) is 13.2 Å². The molecule has 0 radical (unpaired) electrons. The monoisotopic (exact) mass is 245 g/mol. The maximum absolute atomic E-state index is 12.4. The highest BCUT2D eigenvalue weighted by Gasteiger charge is 2.31. The summed E-state index contributed by atoms with van der Waals surface area (Å²) in [5.74, 6) is 0.0600. The lowest BCUT2D eigenvalue weighted by Gasteiger charge is -2.30. The number of halogens is 3. The van der Waals surface area contributed by atoms with Crippen molar-refractivity contribution in [1.29, 1.82) is 0 Å². The molecule has 0 fully saturated rings. The summed E-state index contributed by atoms with van der Waals surface area (Å²) in [4.78, 5) is 0. The number of hydrogen-bond donors (Lipinski definition) is 1. The van der Waals surface area contributed by atoms with Crippen molar-refractivity contribution in [3.05, 3.63) is 35.4 Å². The molecule has 0 saturated heterocycles. The molecule has 1 aromatic rings. The van der Waals surface area contributed by atoms with Gasteiger partial charge >= 0.3 is 6.18 Å². The van der Waals surface area contributed by atoms with E-state index >= 15 is 0 Å². The van der Waals surface area contributed by atoms with Gasteiger partial charge < -0.3 is 5.73 Å². The van der Waals surface area contributed by atoms with Crippen molar-refractivity contribution < 1.29 is 13.2 Å². The minimum atomic E-state index is -4.28. The molecule has 0 aliphatic rings. The number of nitrogens with two attached hydrogens (primary N) is 1. The molecule has 0 aromatic heterocycles. The van der Waals surface area contributed by atoms with Gasteiger partial charge in [-0.1, -0.05) is 32.9 Å². The van der Waals surface area contributed by atoms with Gasteiger partial charge in [0.15, 0.2) is 0 Å². The first kappa shape index (κ1) is 14.0. The van der Waals surface area contributed by atoms with Crippen LogP contribution in [-0.4, -0.2) is 6.54 Å². The average molecular weight is 245 g/mol. The molecule has 1 rings (SSSR count). The quantitative estimate of drug-likeness (QED) is 0.842. The van der Waals surface area contributed by atoms with Gasteiger partial charge in [-0.05, 0) is 29.7 Å². The molecule has 96 valence electrons. The normalized spacial score (nSPS) is 14.8. The standard InChI is InChI=1S/C13H18F3N/c1-12(2,3)11(8-17)9-4-6-10(7-5-9)13(14,15)16/h4-7,11H,8,17H2,1-3H3. The van der Waals surface area contributed by atoms with E-state index in [4.69, 9.17) is 5.73 Å². The van der Waals surface area contributed by atoms with E-state index in [0.717, 1.165) is 17.7 Å². The van der Waals surface area contributed by atoms with Crippen LogP contribution in [0.2, 0.25) is 0 Å². The summed E-state index contributed by atoms with van der Waals surface area (Å²) in [6.07, 6.45) is -4.28. The van der Waals surface area contributed by atoms with Crippen LogP contribution >= 0.6 is 0 Å². The third kappa shape index (κ3) is 3.46. The van der Waals surface area contributed by atoms with Gasteiger partial charge in [0, 0.05) is 5.92 Å². The first-order valence-corrected chi connectivity index (χ1v) is 5.53. The molecule has 2 N–H and O–H groups in total. The van der Waals surface area contributed by atoms with E-state index in [1.165, 1.54) is 12.1 Å². The largest absolute Gasteiger partial charge is 0.416 e. The Morgan fingerprint density at radius 2 is 1.53 bits per heavy atom. The van der Waals surface area contributed by atoms with Crippen LogP contribution in [0.1, 0.15) is 37.8 Å². The molecule has 0 spiro atoms. The molecule has 0 bridgehead atoms. The van der Waals surface area contributed by atoms with E-state index < -0.39 is 11.7 Å². The predicted octanol–water partition coefficient (Wildman–Crippen LogP) is 3.79. The number of rotatable bonds is 2. The van der Waals surface area contributed by atoms with Gasteiger partial charge in [-0.25, -0.2) is 0 Å². The minimum Gasteiger partial charge on any atom is -0.330 e. The Hall–Kier alpha value is -1.03. The molecule has 1 unspecified atom stereocenters. The molecular formula is C13H18F3N. The molecule has 0 aliphatic carbocycles. The van der Waals surface area contributed by atoms with Crippen LogP contribution in [0.15, 0.2) is 24.3 Å². The van der Waals surface area contributed by atoms with Gasteiger partial charge in [0.25, 0.3) is 0 Å². The summed E-state index contributed by atoms with van der Waals surface area (Å²) in [7, 11) is 0. The summed E-state index contributed by atoms with van der Waals surface area (Å²) in [6, 6.07) is 5.27. The van der Waals surface area contributed by atoms with Gasteiger partial charge in [-0.15, -0.1) is 0 Å². The summed E-state index contributed by atoms with van der Waals surface area (Å²) >= 11 is 0. The lowest BCUT2D eigenvalue weighted by atomic mass is 9.76. The van der Waals surface area contributed by atoms with Gasteiger partial charge in [-0.3, -0.25) is 0 Å². The van der Waals surface area contributed by atoms with Crippen LogP contribution in [0.25, 0.3) is 0 Å². The third-order valence-corrected chi connectivity index (χ3v) is 2.92. The van der Waals surface area contributed by atoms with Crippen molar-refractivity contribution in [2.24, 2.45) is 11.1 Å². The Kier molecular flexibility index (Phi) is 3.87. The van der Waals surface area contributed by atoms with Crippen LogP contribution < -0.4 is 5.73 Å². The van der Waals surface area contributed by atoms with E-state index in [2.05, 4.69) is 0 Å². The Labute approximate surface area is 99.8 Å². The topological polar surface area (TPSA) is 26.0 Å². The zero-order valence-electron chi connectivity index (χ0n) is 10.3. The fraction of sp³-hybridized carbons (Fsp3) is 0.538. The first-order chi connectivity index (χ1) is 7.66. The van der Waals surface area contributed by atoms with Gasteiger partial charge in [-0.2, -0.15) is 13.2 Å². The van der Waals surface area contributed by atoms with Crippen molar-refractivity contribution in [2.75, 3.05) is 6.54 Å². The molecule has 0 heterocycles. The molecule has 1 nitrogen and oxygen atoms in total. The Balaban J connectivity index is 3.02. The van der Waals surface area contributed by atoms with Crippen molar-refractivity contribution in [3.8, 4) is 0 Å². The van der Waals surface area contributed by atoms with Gasteiger partial charge in [0.05, 0.1) is 5.56 Å². The second-order valence-corrected chi connectivity index (χ2v) is 5.27. The third-order valence-electron chi connectivity index (χ3n) is 2.92. The zero-order chi connectivity index (χ0) is 13.3. The molecule has 17 heavy (non-hydrogen) atoms. The van der Waals surface area contributed by atoms with E-state index in [1.807, 2.05) is 20.8 Å². The van der Waals surface area contributed by atoms with Crippen molar-refractivity contribution >= 4 is 0 Å². The zero-order valence-corrected chi connectivity index (χ0v) is 10.3. The van der Waals surface area contributed by atoms with Crippen LogP contribution in [0.5, 0.6) is 0 Å².